The van der Waals surface area contributed by atoms with Crippen molar-refractivity contribution in [2.24, 2.45) is 5.73 Å². The van der Waals surface area contributed by atoms with Crippen LogP contribution < -0.4 is 11.1 Å². The monoisotopic (exact) mass is 298 g/mol. The minimum atomic E-state index is -0.0750. The molecule has 0 unspecified atom stereocenters. The second-order valence-corrected chi connectivity index (χ2v) is 6.64. The van der Waals surface area contributed by atoms with Gasteiger partial charge in [0, 0.05) is 17.5 Å². The lowest BCUT2D eigenvalue weighted by Crippen LogP contribution is -2.17. The molecule has 1 aromatic carbocycles. The predicted octanol–water partition coefficient (Wildman–Crippen LogP) is 3.51. The number of hydrogen-bond acceptors (Lipinski definition) is 4. The lowest BCUT2D eigenvalue weighted by molar-refractivity contribution is 0.546. The molecule has 3 N–H and O–H groups in total. The third-order valence-corrected chi connectivity index (χ3v) is 3.45. The Labute approximate surface area is 133 Å². The number of benzene rings is 1. The molecule has 4 heteroatoms. The van der Waals surface area contributed by atoms with Gasteiger partial charge in [-0.2, -0.15) is 0 Å². The zero-order chi connectivity index (χ0) is 16.2. The van der Waals surface area contributed by atoms with Gasteiger partial charge in [-0.3, -0.25) is 0 Å². The molecule has 0 atom stereocenters. The second kappa shape index (κ2) is 6.88. The maximum absolute atomic E-state index is 5.57. The number of nitrogens with two attached hydrogens (primary N) is 1. The van der Waals surface area contributed by atoms with Crippen molar-refractivity contribution in [1.29, 1.82) is 0 Å². The van der Waals surface area contributed by atoms with E-state index in [0.717, 1.165) is 35.7 Å². The fourth-order valence-corrected chi connectivity index (χ4v) is 2.21. The highest BCUT2D eigenvalue weighted by molar-refractivity contribution is 5.74. The molecule has 0 aliphatic rings. The van der Waals surface area contributed by atoms with E-state index in [9.17, 15) is 0 Å². The van der Waals surface area contributed by atoms with E-state index in [1.807, 2.05) is 6.20 Å². The summed E-state index contributed by atoms with van der Waals surface area (Å²) in [7, 11) is 0. The Bertz CT molecular complexity index is 629. The van der Waals surface area contributed by atoms with Gasteiger partial charge in [0.15, 0.2) is 0 Å². The lowest BCUT2D eigenvalue weighted by atomic mass is 9.95. The number of nitrogens with one attached hydrogen (secondary N) is 1. The van der Waals surface area contributed by atoms with Crippen molar-refractivity contribution in [1.82, 2.24) is 9.97 Å². The van der Waals surface area contributed by atoms with Crippen LogP contribution >= 0.6 is 0 Å². The van der Waals surface area contributed by atoms with E-state index in [0.29, 0.717) is 6.54 Å². The number of nitrogens with zero attached hydrogens (tertiary/aromatic N) is 2. The Kier molecular flexibility index (Phi) is 5.14. The fraction of sp³-hybridized carbons (Fsp3) is 0.444. The molecule has 0 aliphatic heterocycles. The Hall–Kier alpha value is -1.94. The van der Waals surface area contributed by atoms with Crippen LogP contribution in [-0.4, -0.2) is 23.1 Å². The van der Waals surface area contributed by atoms with Gasteiger partial charge in [0.25, 0.3) is 0 Å². The van der Waals surface area contributed by atoms with Crippen LogP contribution in [0, 0.1) is 6.92 Å². The number of aromatic nitrogens is 2. The van der Waals surface area contributed by atoms with Crippen LogP contribution in [0.1, 0.15) is 38.6 Å². The first kappa shape index (κ1) is 16.4. The average molecular weight is 298 g/mol. The number of rotatable bonds is 5. The standard InChI is InChI=1S/C18H26N4/c1-13-7-5-8-14(11-13)16-15(20-10-6-9-19)12-21-17(22-16)18(2,3)4/h5,7-8,11-12,20H,6,9-10,19H2,1-4H3. The summed E-state index contributed by atoms with van der Waals surface area (Å²) in [4.78, 5) is 9.36. The van der Waals surface area contributed by atoms with Crippen molar-refractivity contribution in [2.45, 2.75) is 39.5 Å². The predicted molar refractivity (Wildman–Crippen MR) is 93.1 cm³/mol. The normalized spacial score (nSPS) is 11.5. The first-order valence-electron chi connectivity index (χ1n) is 7.80. The summed E-state index contributed by atoms with van der Waals surface area (Å²) in [5, 5.41) is 3.41. The van der Waals surface area contributed by atoms with Gasteiger partial charge in [0.2, 0.25) is 0 Å². The third-order valence-electron chi connectivity index (χ3n) is 3.45. The fourth-order valence-electron chi connectivity index (χ4n) is 2.21. The molecule has 22 heavy (non-hydrogen) atoms. The summed E-state index contributed by atoms with van der Waals surface area (Å²) in [6.45, 7) is 9.98. The van der Waals surface area contributed by atoms with E-state index in [1.165, 1.54) is 5.56 Å². The van der Waals surface area contributed by atoms with Crippen molar-refractivity contribution < 1.29 is 0 Å². The van der Waals surface area contributed by atoms with E-state index in [2.05, 4.69) is 62.3 Å². The smallest absolute Gasteiger partial charge is 0.134 e. The number of hydrogen-bond donors (Lipinski definition) is 2. The van der Waals surface area contributed by atoms with E-state index < -0.39 is 0 Å². The molecule has 1 aromatic heterocycles. The molecular weight excluding hydrogens is 272 g/mol. The molecule has 0 spiro atoms. The van der Waals surface area contributed by atoms with Crippen LogP contribution in [0.3, 0.4) is 0 Å². The van der Waals surface area contributed by atoms with Crippen LogP contribution in [-0.2, 0) is 5.41 Å². The molecule has 0 aliphatic carbocycles. The molecule has 0 saturated carbocycles. The molecule has 2 rings (SSSR count). The summed E-state index contributed by atoms with van der Waals surface area (Å²) in [5.41, 5.74) is 9.76. The first-order chi connectivity index (χ1) is 10.4. The SMILES string of the molecule is Cc1cccc(-c2nc(C(C)(C)C)ncc2NCCCN)c1. The van der Waals surface area contributed by atoms with Crippen LogP contribution in [0.4, 0.5) is 5.69 Å². The minimum Gasteiger partial charge on any atom is -0.382 e. The highest BCUT2D eigenvalue weighted by atomic mass is 15.0. The largest absolute Gasteiger partial charge is 0.382 e. The minimum absolute atomic E-state index is 0.0750. The molecule has 0 fully saturated rings. The molecule has 2 aromatic rings. The van der Waals surface area contributed by atoms with Gasteiger partial charge in [0.05, 0.1) is 17.6 Å². The lowest BCUT2D eigenvalue weighted by Gasteiger charge is -2.19. The molecule has 0 amide bonds. The zero-order valence-corrected chi connectivity index (χ0v) is 14.0. The molecule has 0 saturated heterocycles. The van der Waals surface area contributed by atoms with E-state index >= 15 is 0 Å². The van der Waals surface area contributed by atoms with Crippen molar-refractivity contribution in [2.75, 3.05) is 18.4 Å². The Morgan fingerprint density at radius 1 is 1.23 bits per heavy atom. The second-order valence-electron chi connectivity index (χ2n) is 6.64. The van der Waals surface area contributed by atoms with Crippen LogP contribution in [0.25, 0.3) is 11.3 Å². The maximum Gasteiger partial charge on any atom is 0.134 e. The maximum atomic E-state index is 5.57. The van der Waals surface area contributed by atoms with E-state index in [1.54, 1.807) is 0 Å². The first-order valence-corrected chi connectivity index (χ1v) is 7.80. The van der Waals surface area contributed by atoms with Crippen molar-refractivity contribution in [3.63, 3.8) is 0 Å². The Balaban J connectivity index is 2.45. The molecule has 4 nitrogen and oxygen atoms in total. The summed E-state index contributed by atoms with van der Waals surface area (Å²) in [6.07, 6.45) is 2.82. The van der Waals surface area contributed by atoms with Crippen molar-refractivity contribution in [3.8, 4) is 11.3 Å². The average Bonchev–Trinajstić information content (AvgIpc) is 2.46. The molecule has 0 radical (unpaired) electrons. The number of anilines is 1. The molecule has 1 heterocycles. The van der Waals surface area contributed by atoms with E-state index in [-0.39, 0.29) is 5.41 Å². The van der Waals surface area contributed by atoms with Crippen LogP contribution in [0.5, 0.6) is 0 Å². The molecule has 0 bridgehead atoms. The molecular formula is C18H26N4. The third kappa shape index (κ3) is 4.04. The van der Waals surface area contributed by atoms with Gasteiger partial charge >= 0.3 is 0 Å². The van der Waals surface area contributed by atoms with Gasteiger partial charge in [-0.25, -0.2) is 9.97 Å². The quantitative estimate of drug-likeness (QED) is 0.829. The Morgan fingerprint density at radius 2 is 2.00 bits per heavy atom. The summed E-state index contributed by atoms with van der Waals surface area (Å²) < 4.78 is 0. The summed E-state index contributed by atoms with van der Waals surface area (Å²) in [6, 6.07) is 8.41. The van der Waals surface area contributed by atoms with Gasteiger partial charge in [-0.05, 0) is 26.0 Å². The van der Waals surface area contributed by atoms with Gasteiger partial charge < -0.3 is 11.1 Å². The van der Waals surface area contributed by atoms with E-state index in [4.69, 9.17) is 10.7 Å². The van der Waals surface area contributed by atoms with Crippen LogP contribution in [0.2, 0.25) is 0 Å². The summed E-state index contributed by atoms with van der Waals surface area (Å²) >= 11 is 0. The zero-order valence-electron chi connectivity index (χ0n) is 14.0. The van der Waals surface area contributed by atoms with Gasteiger partial charge in [-0.1, -0.05) is 44.5 Å². The highest BCUT2D eigenvalue weighted by Gasteiger charge is 2.19. The molecule has 118 valence electrons. The summed E-state index contributed by atoms with van der Waals surface area (Å²) in [5.74, 6) is 0.855. The van der Waals surface area contributed by atoms with Crippen LogP contribution in [0.15, 0.2) is 30.5 Å². The van der Waals surface area contributed by atoms with Crippen molar-refractivity contribution in [3.05, 3.63) is 41.9 Å². The van der Waals surface area contributed by atoms with Gasteiger partial charge in [0.1, 0.15) is 5.82 Å². The topological polar surface area (TPSA) is 63.8 Å². The highest BCUT2D eigenvalue weighted by Crippen LogP contribution is 2.29. The van der Waals surface area contributed by atoms with Crippen molar-refractivity contribution >= 4 is 5.69 Å². The number of aryl methyl sites for hydroxylation is 1. The Morgan fingerprint density at radius 3 is 2.64 bits per heavy atom. The van der Waals surface area contributed by atoms with Gasteiger partial charge in [-0.15, -0.1) is 0 Å².